The van der Waals surface area contributed by atoms with Gasteiger partial charge >= 0.3 is 17.9 Å². The highest BCUT2D eigenvalue weighted by Gasteiger charge is 2.19. The molecule has 0 N–H and O–H groups in total. The Labute approximate surface area is 407 Å². The average Bonchev–Trinajstić information content (AvgIpc) is 3.31. The number of hydrogen-bond acceptors (Lipinski definition) is 6. The van der Waals surface area contributed by atoms with Crippen molar-refractivity contribution in [3.8, 4) is 0 Å². The lowest BCUT2D eigenvalue weighted by Gasteiger charge is -2.18. The van der Waals surface area contributed by atoms with E-state index in [2.05, 4.69) is 112 Å². The van der Waals surface area contributed by atoms with Crippen molar-refractivity contribution in [1.82, 2.24) is 0 Å². The summed E-state index contributed by atoms with van der Waals surface area (Å²) in [6.07, 6.45) is 71.2. The minimum atomic E-state index is -0.836. The summed E-state index contributed by atoms with van der Waals surface area (Å²) in [5.74, 6) is -1.07. The second-order valence-electron chi connectivity index (χ2n) is 17.8. The molecule has 0 radical (unpaired) electrons. The van der Waals surface area contributed by atoms with Gasteiger partial charge in [-0.15, -0.1) is 0 Å². The lowest BCUT2D eigenvalue weighted by molar-refractivity contribution is -0.166. The smallest absolute Gasteiger partial charge is 0.306 e. The van der Waals surface area contributed by atoms with Crippen LogP contribution >= 0.6 is 0 Å². The molecular formula is C60H100O6. The van der Waals surface area contributed by atoms with Gasteiger partial charge in [-0.1, -0.05) is 221 Å². The third kappa shape index (κ3) is 51.3. The quantitative estimate of drug-likeness (QED) is 0.0199. The lowest BCUT2D eigenvalue weighted by Crippen LogP contribution is -2.30. The number of rotatable bonds is 48. The largest absolute Gasteiger partial charge is 0.462 e. The molecule has 0 heterocycles. The Balaban J connectivity index is 4.56. The van der Waals surface area contributed by atoms with Crippen LogP contribution in [0.3, 0.4) is 0 Å². The van der Waals surface area contributed by atoms with E-state index in [0.29, 0.717) is 19.3 Å². The normalized spacial score (nSPS) is 12.8. The molecule has 0 aromatic carbocycles. The van der Waals surface area contributed by atoms with Crippen LogP contribution in [0.15, 0.2) is 97.2 Å². The monoisotopic (exact) mass is 917 g/mol. The zero-order valence-corrected chi connectivity index (χ0v) is 42.9. The number of allylic oxidation sites excluding steroid dienone is 16. The highest BCUT2D eigenvalue weighted by Crippen LogP contribution is 2.12. The third-order valence-electron chi connectivity index (χ3n) is 11.3. The molecule has 376 valence electrons. The third-order valence-corrected chi connectivity index (χ3v) is 11.3. The molecule has 6 heteroatoms. The van der Waals surface area contributed by atoms with Crippen LogP contribution in [0.25, 0.3) is 0 Å². The summed E-state index contributed by atoms with van der Waals surface area (Å²) in [6, 6.07) is 0. The molecule has 0 aliphatic rings. The molecule has 6 nitrogen and oxygen atoms in total. The standard InChI is InChI=1S/C60H100O6/c1-4-7-10-13-16-19-22-25-27-29-31-32-35-38-41-44-47-50-53-59(62)65-56-57(55-64-58(61)52-49-46-43-40-37-34-24-21-18-15-12-9-6-3)66-60(63)54-51-48-45-42-39-36-33-30-28-26-23-20-17-14-11-8-5-2/h17,20,26-29,31-34,36-37,42-43,45-46,57H,4-16,18-19,21-25,30,35,38-41,44,47-56H2,1-3H3/b20-17+,28-26+,29-27+,32-31+,36-33+,37-34+,45-42+,46-43+. The molecule has 0 spiro atoms. The van der Waals surface area contributed by atoms with Crippen molar-refractivity contribution >= 4 is 17.9 Å². The molecule has 1 unspecified atom stereocenters. The van der Waals surface area contributed by atoms with E-state index in [0.717, 1.165) is 77.0 Å². The van der Waals surface area contributed by atoms with Crippen LogP contribution in [0.2, 0.25) is 0 Å². The summed E-state index contributed by atoms with van der Waals surface area (Å²) in [5, 5.41) is 0. The van der Waals surface area contributed by atoms with Crippen LogP contribution in [0.4, 0.5) is 0 Å². The Bertz CT molecular complexity index is 1330. The van der Waals surface area contributed by atoms with E-state index < -0.39 is 6.10 Å². The van der Waals surface area contributed by atoms with E-state index in [1.807, 2.05) is 6.08 Å². The zero-order valence-electron chi connectivity index (χ0n) is 42.9. The van der Waals surface area contributed by atoms with Crippen molar-refractivity contribution in [2.45, 2.75) is 252 Å². The Kier molecular flexibility index (Phi) is 50.9. The SMILES string of the molecule is CCCCC/C=C/C/C=C/C/C=C/C/C=C/CCCC(=O)OC(COC(=O)CC/C=C/C/C=C/CCCCCCCC)COC(=O)CCCCCCC/C=C/C=C/CCCCCCCCC. The first-order valence-corrected chi connectivity index (χ1v) is 27.3. The first kappa shape index (κ1) is 62.3. The Morgan fingerprint density at radius 2 is 0.636 bits per heavy atom. The predicted octanol–water partition coefficient (Wildman–Crippen LogP) is 18.1. The second-order valence-corrected chi connectivity index (χ2v) is 17.8. The van der Waals surface area contributed by atoms with Crippen LogP contribution in [0.1, 0.15) is 245 Å². The predicted molar refractivity (Wildman–Crippen MR) is 284 cm³/mol. The minimum Gasteiger partial charge on any atom is -0.462 e. The molecule has 0 aliphatic carbocycles. The van der Waals surface area contributed by atoms with Gasteiger partial charge in [-0.05, 0) is 103 Å². The molecule has 0 amide bonds. The highest BCUT2D eigenvalue weighted by atomic mass is 16.6. The van der Waals surface area contributed by atoms with Crippen molar-refractivity contribution in [3.63, 3.8) is 0 Å². The van der Waals surface area contributed by atoms with Gasteiger partial charge in [0.1, 0.15) is 13.2 Å². The van der Waals surface area contributed by atoms with Crippen molar-refractivity contribution in [2.75, 3.05) is 13.2 Å². The van der Waals surface area contributed by atoms with E-state index in [1.165, 1.54) is 116 Å². The molecular weight excluding hydrogens is 817 g/mol. The van der Waals surface area contributed by atoms with Crippen LogP contribution in [-0.4, -0.2) is 37.2 Å². The van der Waals surface area contributed by atoms with Crippen LogP contribution in [0, 0.1) is 0 Å². The number of hydrogen-bond donors (Lipinski definition) is 0. The highest BCUT2D eigenvalue weighted by molar-refractivity contribution is 5.71. The molecule has 0 aromatic rings. The van der Waals surface area contributed by atoms with Crippen LogP contribution in [-0.2, 0) is 28.6 Å². The second kappa shape index (κ2) is 53.9. The van der Waals surface area contributed by atoms with Gasteiger partial charge in [0.05, 0.1) is 0 Å². The van der Waals surface area contributed by atoms with Crippen LogP contribution in [0.5, 0.6) is 0 Å². The molecule has 0 aliphatic heterocycles. The van der Waals surface area contributed by atoms with Gasteiger partial charge in [-0.3, -0.25) is 14.4 Å². The van der Waals surface area contributed by atoms with E-state index in [4.69, 9.17) is 14.2 Å². The maximum absolute atomic E-state index is 12.8. The summed E-state index contributed by atoms with van der Waals surface area (Å²) in [7, 11) is 0. The lowest BCUT2D eigenvalue weighted by atomic mass is 10.1. The Morgan fingerprint density at radius 1 is 0.318 bits per heavy atom. The topological polar surface area (TPSA) is 78.9 Å². The number of ether oxygens (including phenoxy) is 3. The van der Waals surface area contributed by atoms with E-state index in [-0.39, 0.29) is 44.0 Å². The maximum atomic E-state index is 12.8. The van der Waals surface area contributed by atoms with Gasteiger partial charge in [0.15, 0.2) is 6.10 Å². The summed E-state index contributed by atoms with van der Waals surface area (Å²) >= 11 is 0. The van der Waals surface area contributed by atoms with Crippen molar-refractivity contribution in [1.29, 1.82) is 0 Å². The fourth-order valence-electron chi connectivity index (χ4n) is 7.18. The summed E-state index contributed by atoms with van der Waals surface area (Å²) < 4.78 is 16.7. The Hall–Kier alpha value is -3.67. The number of carbonyl (C=O) groups excluding carboxylic acids is 3. The van der Waals surface area contributed by atoms with Gasteiger partial charge in [-0.2, -0.15) is 0 Å². The Morgan fingerprint density at radius 3 is 1.11 bits per heavy atom. The van der Waals surface area contributed by atoms with Crippen molar-refractivity contribution in [2.24, 2.45) is 0 Å². The van der Waals surface area contributed by atoms with Crippen LogP contribution < -0.4 is 0 Å². The molecule has 0 saturated heterocycles. The summed E-state index contributed by atoms with van der Waals surface area (Å²) in [6.45, 7) is 6.48. The van der Waals surface area contributed by atoms with E-state index >= 15 is 0 Å². The van der Waals surface area contributed by atoms with Gasteiger partial charge in [0, 0.05) is 19.3 Å². The zero-order chi connectivity index (χ0) is 47.9. The fraction of sp³-hybridized carbons (Fsp3) is 0.683. The fourth-order valence-corrected chi connectivity index (χ4v) is 7.18. The van der Waals surface area contributed by atoms with Gasteiger partial charge in [0.25, 0.3) is 0 Å². The molecule has 1 atom stereocenters. The number of esters is 3. The summed E-state index contributed by atoms with van der Waals surface area (Å²) in [4.78, 5) is 38.0. The van der Waals surface area contributed by atoms with Gasteiger partial charge < -0.3 is 14.2 Å². The van der Waals surface area contributed by atoms with Gasteiger partial charge in [-0.25, -0.2) is 0 Å². The van der Waals surface area contributed by atoms with Crippen molar-refractivity contribution in [3.05, 3.63) is 97.2 Å². The maximum Gasteiger partial charge on any atom is 0.306 e. The molecule has 0 saturated carbocycles. The number of carbonyl (C=O) groups is 3. The van der Waals surface area contributed by atoms with Crippen molar-refractivity contribution < 1.29 is 28.6 Å². The molecule has 0 bridgehead atoms. The molecule has 0 aromatic heterocycles. The van der Waals surface area contributed by atoms with E-state index in [9.17, 15) is 14.4 Å². The molecule has 0 rings (SSSR count). The van der Waals surface area contributed by atoms with E-state index in [1.54, 1.807) is 0 Å². The number of unbranched alkanes of at least 4 members (excludes halogenated alkanes) is 22. The first-order valence-electron chi connectivity index (χ1n) is 27.3. The minimum absolute atomic E-state index is 0.125. The van der Waals surface area contributed by atoms with Gasteiger partial charge in [0.2, 0.25) is 0 Å². The molecule has 66 heavy (non-hydrogen) atoms. The average molecular weight is 917 g/mol. The first-order chi connectivity index (χ1) is 32.5. The molecule has 0 fully saturated rings. The summed E-state index contributed by atoms with van der Waals surface area (Å²) in [5.41, 5.74) is 0.